The summed E-state index contributed by atoms with van der Waals surface area (Å²) in [6.07, 6.45) is 1.90. The van der Waals surface area contributed by atoms with Gasteiger partial charge in [-0.05, 0) is 32.3 Å². The molecule has 1 aromatic rings. The van der Waals surface area contributed by atoms with Crippen LogP contribution in [0.3, 0.4) is 0 Å². The average molecular weight is 192 g/mol. The zero-order chi connectivity index (χ0) is 10.3. The van der Waals surface area contributed by atoms with Gasteiger partial charge in [0.25, 0.3) is 0 Å². The monoisotopic (exact) mass is 192 g/mol. The summed E-state index contributed by atoms with van der Waals surface area (Å²) in [4.78, 5) is 0. The van der Waals surface area contributed by atoms with E-state index >= 15 is 0 Å². The zero-order valence-corrected chi connectivity index (χ0v) is 8.91. The quantitative estimate of drug-likeness (QED) is 0.776. The number of hydrogen-bond acceptors (Lipinski definition) is 3. The molecule has 3 heteroatoms. The van der Waals surface area contributed by atoms with Gasteiger partial charge in [0.1, 0.15) is 0 Å². The van der Waals surface area contributed by atoms with E-state index < -0.39 is 5.60 Å². The number of aryl methyl sites for hydroxylation is 2. The SMILES string of the molecule is CCC1CC1(O)c1cc(C)nnc1C. The first kappa shape index (κ1) is 9.59. The molecule has 1 aliphatic rings. The van der Waals surface area contributed by atoms with Gasteiger partial charge in [-0.1, -0.05) is 13.3 Å². The first-order valence-electron chi connectivity index (χ1n) is 5.11. The zero-order valence-electron chi connectivity index (χ0n) is 8.91. The van der Waals surface area contributed by atoms with Crippen molar-refractivity contribution in [3.8, 4) is 0 Å². The topological polar surface area (TPSA) is 46.0 Å². The Morgan fingerprint density at radius 3 is 2.79 bits per heavy atom. The molecule has 1 saturated carbocycles. The smallest absolute Gasteiger partial charge is 0.0948 e. The Morgan fingerprint density at radius 2 is 2.21 bits per heavy atom. The van der Waals surface area contributed by atoms with E-state index in [1.165, 1.54) is 0 Å². The summed E-state index contributed by atoms with van der Waals surface area (Å²) in [6.45, 7) is 5.92. The van der Waals surface area contributed by atoms with E-state index in [9.17, 15) is 5.11 Å². The van der Waals surface area contributed by atoms with Crippen molar-refractivity contribution in [1.29, 1.82) is 0 Å². The van der Waals surface area contributed by atoms with Crippen LogP contribution in [-0.2, 0) is 5.60 Å². The highest BCUT2D eigenvalue weighted by molar-refractivity contribution is 5.33. The highest BCUT2D eigenvalue weighted by Gasteiger charge is 2.53. The highest BCUT2D eigenvalue weighted by Crippen LogP contribution is 2.54. The third-order valence-electron chi connectivity index (χ3n) is 3.13. The molecule has 14 heavy (non-hydrogen) atoms. The van der Waals surface area contributed by atoms with Gasteiger partial charge in [-0.15, -0.1) is 0 Å². The van der Waals surface area contributed by atoms with Crippen molar-refractivity contribution in [2.24, 2.45) is 5.92 Å². The number of hydrogen-bond donors (Lipinski definition) is 1. The molecule has 3 nitrogen and oxygen atoms in total. The fourth-order valence-electron chi connectivity index (χ4n) is 2.12. The molecule has 0 aliphatic heterocycles. The lowest BCUT2D eigenvalue weighted by molar-refractivity contribution is 0.129. The van der Waals surface area contributed by atoms with Gasteiger partial charge in [-0.25, -0.2) is 0 Å². The number of nitrogens with zero attached hydrogens (tertiary/aromatic N) is 2. The van der Waals surface area contributed by atoms with Gasteiger partial charge >= 0.3 is 0 Å². The predicted octanol–water partition coefficient (Wildman–Crippen LogP) is 1.71. The van der Waals surface area contributed by atoms with Gasteiger partial charge in [0.15, 0.2) is 0 Å². The molecule has 0 aromatic carbocycles. The van der Waals surface area contributed by atoms with Crippen molar-refractivity contribution >= 4 is 0 Å². The summed E-state index contributed by atoms with van der Waals surface area (Å²) in [7, 11) is 0. The van der Waals surface area contributed by atoms with Crippen LogP contribution in [0.15, 0.2) is 6.07 Å². The molecular weight excluding hydrogens is 176 g/mol. The summed E-state index contributed by atoms with van der Waals surface area (Å²) < 4.78 is 0. The van der Waals surface area contributed by atoms with Gasteiger partial charge in [0.05, 0.1) is 17.0 Å². The third kappa shape index (κ3) is 1.32. The third-order valence-corrected chi connectivity index (χ3v) is 3.13. The molecular formula is C11H16N2O. The molecule has 0 bridgehead atoms. The molecule has 2 unspecified atom stereocenters. The lowest BCUT2D eigenvalue weighted by Gasteiger charge is -2.12. The summed E-state index contributed by atoms with van der Waals surface area (Å²) in [6, 6.07) is 1.96. The van der Waals surface area contributed by atoms with E-state index in [0.717, 1.165) is 29.8 Å². The number of aromatic nitrogens is 2. The van der Waals surface area contributed by atoms with E-state index in [2.05, 4.69) is 17.1 Å². The van der Waals surface area contributed by atoms with Gasteiger partial charge in [-0.2, -0.15) is 10.2 Å². The lowest BCUT2D eigenvalue weighted by Crippen LogP contribution is -2.12. The average Bonchev–Trinajstić information content (AvgIpc) is 2.83. The molecule has 0 spiro atoms. The minimum Gasteiger partial charge on any atom is -0.385 e. The van der Waals surface area contributed by atoms with Crippen LogP contribution >= 0.6 is 0 Å². The Labute approximate surface area is 84.2 Å². The standard InChI is InChI=1S/C11H16N2O/c1-4-9-6-11(9,14)10-5-7(2)12-13-8(10)3/h5,9,14H,4,6H2,1-3H3. The van der Waals surface area contributed by atoms with Gasteiger partial charge in [0, 0.05) is 5.56 Å². The Hall–Kier alpha value is -0.960. The predicted molar refractivity (Wildman–Crippen MR) is 53.8 cm³/mol. The van der Waals surface area contributed by atoms with Crippen molar-refractivity contribution in [2.75, 3.05) is 0 Å². The molecule has 1 heterocycles. The molecule has 0 amide bonds. The van der Waals surface area contributed by atoms with Crippen molar-refractivity contribution in [3.05, 3.63) is 23.0 Å². The summed E-state index contributed by atoms with van der Waals surface area (Å²) >= 11 is 0. The van der Waals surface area contributed by atoms with Gasteiger partial charge < -0.3 is 5.11 Å². The van der Waals surface area contributed by atoms with Crippen molar-refractivity contribution < 1.29 is 5.11 Å². The molecule has 0 radical (unpaired) electrons. The molecule has 76 valence electrons. The van der Waals surface area contributed by atoms with Crippen LogP contribution in [0.2, 0.25) is 0 Å². The Kier molecular flexibility index (Phi) is 2.07. The maximum absolute atomic E-state index is 10.3. The maximum Gasteiger partial charge on any atom is 0.0948 e. The fraction of sp³-hybridized carbons (Fsp3) is 0.636. The van der Waals surface area contributed by atoms with Gasteiger partial charge in [0.2, 0.25) is 0 Å². The summed E-state index contributed by atoms with van der Waals surface area (Å²) in [5.41, 5.74) is 2.09. The summed E-state index contributed by atoms with van der Waals surface area (Å²) in [5.74, 6) is 0.407. The van der Waals surface area contributed by atoms with Crippen LogP contribution < -0.4 is 0 Å². The van der Waals surface area contributed by atoms with Gasteiger partial charge in [-0.3, -0.25) is 0 Å². The van der Waals surface area contributed by atoms with Crippen LogP contribution in [0.1, 0.15) is 36.7 Å². The second-order valence-electron chi connectivity index (χ2n) is 4.22. The molecule has 2 atom stereocenters. The Morgan fingerprint density at radius 1 is 1.50 bits per heavy atom. The van der Waals surface area contributed by atoms with E-state index in [1.807, 2.05) is 19.9 Å². The largest absolute Gasteiger partial charge is 0.385 e. The van der Waals surface area contributed by atoms with Crippen LogP contribution in [0.4, 0.5) is 0 Å². The van der Waals surface area contributed by atoms with Crippen LogP contribution in [0.25, 0.3) is 0 Å². The molecule has 1 fully saturated rings. The minimum absolute atomic E-state index is 0.407. The fourth-order valence-corrected chi connectivity index (χ4v) is 2.12. The van der Waals surface area contributed by atoms with E-state index in [-0.39, 0.29) is 0 Å². The lowest BCUT2D eigenvalue weighted by atomic mass is 10.0. The molecule has 1 aliphatic carbocycles. The van der Waals surface area contributed by atoms with Crippen LogP contribution in [-0.4, -0.2) is 15.3 Å². The normalized spacial score (nSPS) is 30.4. The second kappa shape index (κ2) is 3.02. The van der Waals surface area contributed by atoms with Crippen molar-refractivity contribution in [3.63, 3.8) is 0 Å². The first-order chi connectivity index (χ1) is 6.58. The molecule has 1 aromatic heterocycles. The van der Waals surface area contributed by atoms with Crippen LogP contribution in [0, 0.1) is 19.8 Å². The maximum atomic E-state index is 10.3. The van der Waals surface area contributed by atoms with E-state index in [0.29, 0.717) is 5.92 Å². The molecule has 1 N–H and O–H groups in total. The number of aliphatic hydroxyl groups is 1. The Bertz CT molecular complexity index is 364. The van der Waals surface area contributed by atoms with Crippen LogP contribution in [0.5, 0.6) is 0 Å². The van der Waals surface area contributed by atoms with E-state index in [1.54, 1.807) is 0 Å². The Balaban J connectivity index is 2.38. The summed E-state index contributed by atoms with van der Waals surface area (Å²) in [5, 5.41) is 18.3. The van der Waals surface area contributed by atoms with Crippen molar-refractivity contribution in [2.45, 2.75) is 39.2 Å². The molecule has 2 rings (SSSR count). The minimum atomic E-state index is -0.612. The second-order valence-corrected chi connectivity index (χ2v) is 4.22. The number of rotatable bonds is 2. The first-order valence-corrected chi connectivity index (χ1v) is 5.11. The molecule has 0 saturated heterocycles. The van der Waals surface area contributed by atoms with Crippen molar-refractivity contribution in [1.82, 2.24) is 10.2 Å². The van der Waals surface area contributed by atoms with E-state index in [4.69, 9.17) is 0 Å². The highest BCUT2D eigenvalue weighted by atomic mass is 16.3.